The smallest absolute Gasteiger partial charge is 0.744 e. The average molecular weight is 533 g/mol. The molecule has 0 spiro atoms. The van der Waals surface area contributed by atoms with Gasteiger partial charge in [0.25, 0.3) is 10.0 Å². The third-order valence-electron chi connectivity index (χ3n) is 3.19. The monoisotopic (exact) mass is 532 g/mol. The minimum Gasteiger partial charge on any atom is -0.744 e. The summed E-state index contributed by atoms with van der Waals surface area (Å²) in [6.45, 7) is 0. The van der Waals surface area contributed by atoms with Crippen molar-refractivity contribution >= 4 is 64.5 Å². The molecule has 12 nitrogen and oxygen atoms in total. The van der Waals surface area contributed by atoms with Crippen LogP contribution in [0.4, 0.5) is 11.4 Å². The van der Waals surface area contributed by atoms with Gasteiger partial charge >= 0.3 is 37.7 Å². The molecule has 2 N–H and O–H groups in total. The first kappa shape index (κ1) is 31.2. The van der Waals surface area contributed by atoms with E-state index in [1.165, 1.54) is 0 Å². The van der Waals surface area contributed by atoms with Crippen molar-refractivity contribution in [2.45, 2.75) is 9.79 Å². The molecule has 0 aromatic heterocycles. The van der Waals surface area contributed by atoms with E-state index in [4.69, 9.17) is 11.6 Å². The Bertz CT molecular complexity index is 1330. The molecule has 166 valence electrons. The topological polar surface area (TPSA) is 199 Å². The first-order valence-corrected chi connectivity index (χ1v) is 13.4. The summed E-state index contributed by atoms with van der Waals surface area (Å²) in [6.07, 6.45) is 0.810. The van der Waals surface area contributed by atoms with Gasteiger partial charge in [0.2, 0.25) is 10.0 Å². The van der Waals surface area contributed by atoms with Crippen LogP contribution in [0.2, 0.25) is 5.02 Å². The van der Waals surface area contributed by atoms with Crippen molar-refractivity contribution in [3.05, 3.63) is 41.4 Å². The molecule has 1 atom stereocenters. The summed E-state index contributed by atoms with van der Waals surface area (Å²) in [6, 6.07) is 4.99. The van der Waals surface area contributed by atoms with E-state index in [9.17, 15) is 38.6 Å². The first-order chi connectivity index (χ1) is 13.6. The van der Waals surface area contributed by atoms with E-state index in [0.717, 1.165) is 36.6 Å². The number of hydrogen-bond acceptors (Lipinski definition) is 10. The minimum absolute atomic E-state index is 0. The quantitative estimate of drug-likeness (QED) is 0.188. The number of halogens is 1. The van der Waals surface area contributed by atoms with Crippen LogP contribution in [-0.2, 0) is 41.5 Å². The van der Waals surface area contributed by atoms with E-state index < -0.39 is 62.8 Å². The number of hydrogen-bond donors (Lipinski definition) is 2. The minimum atomic E-state index is -5.01. The van der Waals surface area contributed by atoms with Gasteiger partial charge in [0.1, 0.15) is 21.5 Å². The second-order valence-electron chi connectivity index (χ2n) is 5.52. The molecule has 0 radical (unpaired) electrons. The van der Waals surface area contributed by atoms with Gasteiger partial charge in [-0.25, -0.2) is 29.5 Å². The van der Waals surface area contributed by atoms with Crippen LogP contribution in [0.15, 0.2) is 46.2 Å². The van der Waals surface area contributed by atoms with Crippen molar-refractivity contribution in [1.82, 2.24) is 0 Å². The predicted molar refractivity (Wildman–Crippen MR) is 105 cm³/mol. The third-order valence-corrected chi connectivity index (χ3v) is 6.62. The van der Waals surface area contributed by atoms with E-state index in [1.807, 2.05) is 9.44 Å². The average Bonchev–Trinajstić information content (AvgIpc) is 2.55. The summed E-state index contributed by atoms with van der Waals surface area (Å²) in [5, 5.41) is -0.121. The first-order valence-electron chi connectivity index (χ1n) is 7.26. The van der Waals surface area contributed by atoms with Crippen LogP contribution in [0.5, 0.6) is 5.75 Å². The van der Waals surface area contributed by atoms with Crippen LogP contribution in [0.25, 0.3) is 0 Å². The molecule has 0 fully saturated rings. The van der Waals surface area contributed by atoms with Crippen LogP contribution >= 0.6 is 11.6 Å². The number of benzene rings is 2. The van der Waals surface area contributed by atoms with Gasteiger partial charge in [-0.05, 0) is 36.4 Å². The maximum atomic E-state index is 12.7. The molecule has 0 amide bonds. The molecule has 32 heavy (non-hydrogen) atoms. The largest absolute Gasteiger partial charge is 1.00 e. The molecular formula is C13H11ClLi2N2O10S4. The second-order valence-corrected chi connectivity index (χ2v) is 11.3. The molecule has 0 saturated heterocycles. The summed E-state index contributed by atoms with van der Waals surface area (Å²) in [5.41, 5.74) is -0.946. The zero-order valence-electron chi connectivity index (χ0n) is 16.6. The Labute approximate surface area is 216 Å². The summed E-state index contributed by atoms with van der Waals surface area (Å²) in [5.74, 6) is -0.622. The van der Waals surface area contributed by atoms with Crippen molar-refractivity contribution in [1.29, 1.82) is 0 Å². The fraction of sp³-hybridized carbons (Fsp3) is 0.0769. The molecule has 0 aliphatic rings. The summed E-state index contributed by atoms with van der Waals surface area (Å²) in [4.78, 5) is -1.39. The molecule has 2 aromatic rings. The van der Waals surface area contributed by atoms with Crippen LogP contribution in [-0.4, -0.2) is 44.8 Å². The van der Waals surface area contributed by atoms with Gasteiger partial charge in [0.05, 0.1) is 32.4 Å². The van der Waals surface area contributed by atoms with Crippen molar-refractivity contribution in [2.75, 3.05) is 15.7 Å². The van der Waals surface area contributed by atoms with Crippen LogP contribution in [0.3, 0.4) is 0 Å². The van der Waals surface area contributed by atoms with Gasteiger partial charge < -0.3 is 13.3 Å². The van der Waals surface area contributed by atoms with Gasteiger partial charge in [-0.15, -0.1) is 0 Å². The van der Waals surface area contributed by atoms with E-state index in [1.54, 1.807) is 0 Å². The normalized spacial score (nSPS) is 12.6. The van der Waals surface area contributed by atoms with E-state index in [2.05, 4.69) is 4.18 Å². The van der Waals surface area contributed by atoms with E-state index >= 15 is 0 Å². The Morgan fingerprint density at radius 1 is 0.906 bits per heavy atom. The summed E-state index contributed by atoms with van der Waals surface area (Å²) in [7, 11) is -13.4. The number of anilines is 2. The van der Waals surface area contributed by atoms with Crippen molar-refractivity contribution in [2.24, 2.45) is 0 Å². The molecule has 2 aromatic carbocycles. The molecule has 0 aliphatic heterocycles. The molecular weight excluding hydrogens is 522 g/mol. The Morgan fingerprint density at radius 2 is 1.44 bits per heavy atom. The van der Waals surface area contributed by atoms with Gasteiger partial charge in [-0.2, -0.15) is 0 Å². The molecule has 1 unspecified atom stereocenters. The number of sulfonamides is 2. The molecule has 19 heteroatoms. The predicted octanol–water partition coefficient (Wildman–Crippen LogP) is -5.40. The van der Waals surface area contributed by atoms with Crippen molar-refractivity contribution in [3.63, 3.8) is 0 Å². The Kier molecular flexibility index (Phi) is 11.3. The van der Waals surface area contributed by atoms with Gasteiger partial charge in [-0.1, -0.05) is 11.6 Å². The van der Waals surface area contributed by atoms with E-state index in [0.29, 0.717) is 6.07 Å². The van der Waals surface area contributed by atoms with Crippen molar-refractivity contribution in [3.8, 4) is 5.75 Å². The zero-order valence-corrected chi connectivity index (χ0v) is 20.6. The fourth-order valence-corrected chi connectivity index (χ4v) is 4.71. The SMILES string of the molecule is CS(=O)(=O)Nc1cc(S(=O)(=O)Nc2cc(S(=O)(=O)[O-])ccc2OS(=O)[O-])ccc1Cl.[Li+].[Li+]. The maximum absolute atomic E-state index is 12.7. The number of nitrogens with one attached hydrogen (secondary N) is 2. The Morgan fingerprint density at radius 3 is 1.94 bits per heavy atom. The molecule has 2 rings (SSSR count). The molecule has 0 heterocycles. The second kappa shape index (κ2) is 11.6. The Balaban J connectivity index is 0.00000480. The third kappa shape index (κ3) is 8.88. The molecule has 0 aliphatic carbocycles. The standard InChI is InChI=1S/C13H13ClN2O10S4.2Li/c1-28(19,20)15-11-6-8(2-4-10(11)14)29(21,22)16-12-7-9(30(23,24)25)3-5-13(12)26-27(17)18;;/h2-7,15-16H,1H3,(H,17,18)(H,23,24,25);;/q;2*+1/p-2. The van der Waals surface area contributed by atoms with Crippen molar-refractivity contribution < 1.29 is 80.5 Å². The van der Waals surface area contributed by atoms with Crippen LogP contribution < -0.4 is 51.3 Å². The number of rotatable bonds is 8. The van der Waals surface area contributed by atoms with Gasteiger partial charge in [0.15, 0.2) is 5.75 Å². The Hall–Kier alpha value is -0.755. The van der Waals surface area contributed by atoms with Gasteiger partial charge in [0, 0.05) is 0 Å². The molecule has 0 bridgehead atoms. The summed E-state index contributed by atoms with van der Waals surface area (Å²) >= 11 is 2.68. The molecule has 0 saturated carbocycles. The van der Waals surface area contributed by atoms with Crippen LogP contribution in [0, 0.1) is 0 Å². The summed E-state index contributed by atoms with van der Waals surface area (Å²) < 4.78 is 112. The van der Waals surface area contributed by atoms with E-state index in [-0.39, 0.29) is 48.4 Å². The van der Waals surface area contributed by atoms with Gasteiger partial charge in [-0.3, -0.25) is 9.44 Å². The van der Waals surface area contributed by atoms with Crippen LogP contribution in [0.1, 0.15) is 0 Å². The zero-order chi connectivity index (χ0) is 22.9. The maximum Gasteiger partial charge on any atom is 1.00 e. The fourth-order valence-electron chi connectivity index (χ4n) is 2.04.